The molecule has 5 nitrogen and oxygen atoms in total. The van der Waals surface area contributed by atoms with Crippen LogP contribution < -0.4 is 5.32 Å². The molecule has 1 saturated heterocycles. The van der Waals surface area contributed by atoms with Gasteiger partial charge in [-0.15, -0.1) is 0 Å². The molecule has 0 saturated carbocycles. The number of rotatable bonds is 4. The highest BCUT2D eigenvalue weighted by Gasteiger charge is 2.28. The average molecular weight is 359 g/mol. The molecule has 0 aliphatic carbocycles. The zero-order valence-corrected chi connectivity index (χ0v) is 14.1. The van der Waals surface area contributed by atoms with Gasteiger partial charge in [0, 0.05) is 37.9 Å². The number of hydrogen-bond acceptors (Lipinski definition) is 3. The van der Waals surface area contributed by atoms with E-state index >= 15 is 0 Å². The first-order valence-corrected chi connectivity index (χ1v) is 8.45. The van der Waals surface area contributed by atoms with Crippen molar-refractivity contribution in [1.29, 1.82) is 0 Å². The zero-order valence-electron chi connectivity index (χ0n) is 14.1. The van der Waals surface area contributed by atoms with Gasteiger partial charge in [-0.05, 0) is 42.7 Å². The summed E-state index contributed by atoms with van der Waals surface area (Å²) in [4.78, 5) is 30.1. The maximum Gasteiger partial charge on any atom is 0.256 e. The van der Waals surface area contributed by atoms with Crippen LogP contribution in [-0.4, -0.2) is 34.8 Å². The highest BCUT2D eigenvalue weighted by molar-refractivity contribution is 5.94. The summed E-state index contributed by atoms with van der Waals surface area (Å²) in [6.45, 7) is 1.07. The van der Waals surface area contributed by atoms with Gasteiger partial charge in [0.2, 0.25) is 5.91 Å². The third kappa shape index (κ3) is 4.22. The molecule has 0 unspecified atom stereocenters. The molecular weight excluding hydrogens is 340 g/mol. The van der Waals surface area contributed by atoms with Crippen molar-refractivity contribution in [3.05, 3.63) is 65.5 Å². The van der Waals surface area contributed by atoms with Gasteiger partial charge in [0.1, 0.15) is 11.6 Å². The minimum atomic E-state index is -0.743. The largest absolute Gasteiger partial charge is 0.352 e. The lowest BCUT2D eigenvalue weighted by Crippen LogP contribution is -2.43. The Bertz CT molecular complexity index is 791. The monoisotopic (exact) mass is 359 g/mol. The number of nitrogens with zero attached hydrogens (tertiary/aromatic N) is 2. The highest BCUT2D eigenvalue weighted by atomic mass is 19.1. The number of amides is 2. The van der Waals surface area contributed by atoms with E-state index in [0.29, 0.717) is 32.5 Å². The quantitative estimate of drug-likeness (QED) is 0.913. The van der Waals surface area contributed by atoms with Crippen LogP contribution in [0.5, 0.6) is 0 Å². The Labute approximate surface area is 150 Å². The summed E-state index contributed by atoms with van der Waals surface area (Å²) in [6.07, 6.45) is 4.33. The first-order chi connectivity index (χ1) is 12.5. The SMILES string of the molecule is O=C(NCc1cccnc1)C1CCN(C(=O)c2cc(F)ccc2F)CC1. The van der Waals surface area contributed by atoms with E-state index in [-0.39, 0.29) is 17.4 Å². The first kappa shape index (κ1) is 18.0. The minimum Gasteiger partial charge on any atom is -0.352 e. The molecule has 1 aromatic heterocycles. The second-order valence-electron chi connectivity index (χ2n) is 6.27. The van der Waals surface area contributed by atoms with Crippen molar-refractivity contribution in [2.45, 2.75) is 19.4 Å². The summed E-state index contributed by atoms with van der Waals surface area (Å²) in [5, 5.41) is 2.87. The van der Waals surface area contributed by atoms with Crippen LogP contribution in [0.3, 0.4) is 0 Å². The molecular formula is C19H19F2N3O2. The van der Waals surface area contributed by atoms with Gasteiger partial charge in [0.25, 0.3) is 5.91 Å². The topological polar surface area (TPSA) is 62.3 Å². The number of likely N-dealkylation sites (tertiary alicyclic amines) is 1. The van der Waals surface area contributed by atoms with Crippen molar-refractivity contribution in [2.24, 2.45) is 5.92 Å². The molecule has 26 heavy (non-hydrogen) atoms. The summed E-state index contributed by atoms with van der Waals surface area (Å²) in [5.74, 6) is -2.21. The second-order valence-corrected chi connectivity index (χ2v) is 6.27. The van der Waals surface area contributed by atoms with Crippen LogP contribution in [0.1, 0.15) is 28.8 Å². The lowest BCUT2D eigenvalue weighted by molar-refractivity contribution is -0.126. The van der Waals surface area contributed by atoms with E-state index in [1.807, 2.05) is 6.07 Å². The molecule has 2 aromatic rings. The molecule has 2 amide bonds. The number of pyridine rings is 1. The molecule has 0 atom stereocenters. The molecule has 136 valence electrons. The maximum atomic E-state index is 13.8. The lowest BCUT2D eigenvalue weighted by Gasteiger charge is -2.31. The molecule has 2 heterocycles. The zero-order chi connectivity index (χ0) is 18.5. The van der Waals surface area contributed by atoms with Gasteiger partial charge in [-0.2, -0.15) is 0 Å². The van der Waals surface area contributed by atoms with Crippen LogP contribution >= 0.6 is 0 Å². The summed E-state index contributed by atoms with van der Waals surface area (Å²) in [7, 11) is 0. The Morgan fingerprint density at radius 1 is 1.19 bits per heavy atom. The molecule has 1 N–H and O–H groups in total. The van der Waals surface area contributed by atoms with Crippen molar-refractivity contribution in [3.63, 3.8) is 0 Å². The van der Waals surface area contributed by atoms with Crippen molar-refractivity contribution in [1.82, 2.24) is 15.2 Å². The Morgan fingerprint density at radius 3 is 2.65 bits per heavy atom. The predicted molar refractivity (Wildman–Crippen MR) is 91.1 cm³/mol. The Morgan fingerprint density at radius 2 is 1.96 bits per heavy atom. The van der Waals surface area contributed by atoms with Crippen molar-refractivity contribution < 1.29 is 18.4 Å². The fourth-order valence-electron chi connectivity index (χ4n) is 3.01. The summed E-state index contributed by atoms with van der Waals surface area (Å²) in [6, 6.07) is 6.51. The van der Waals surface area contributed by atoms with Gasteiger partial charge in [-0.25, -0.2) is 8.78 Å². The van der Waals surface area contributed by atoms with Crippen LogP contribution in [0.4, 0.5) is 8.78 Å². The maximum absolute atomic E-state index is 13.8. The first-order valence-electron chi connectivity index (χ1n) is 8.45. The molecule has 1 aliphatic heterocycles. The standard InChI is InChI=1S/C19H19F2N3O2/c20-15-3-4-17(21)16(10-15)19(26)24-8-5-14(6-9-24)18(25)23-12-13-2-1-7-22-11-13/h1-4,7,10-11,14H,5-6,8-9,12H2,(H,23,25). The number of carbonyl (C=O) groups excluding carboxylic acids is 2. The van der Waals surface area contributed by atoms with Crippen molar-refractivity contribution in [3.8, 4) is 0 Å². The van der Waals surface area contributed by atoms with Gasteiger partial charge >= 0.3 is 0 Å². The molecule has 0 spiro atoms. The average Bonchev–Trinajstić information content (AvgIpc) is 2.68. The van der Waals surface area contributed by atoms with Gasteiger partial charge in [-0.3, -0.25) is 14.6 Å². The van der Waals surface area contributed by atoms with Crippen molar-refractivity contribution in [2.75, 3.05) is 13.1 Å². The van der Waals surface area contributed by atoms with E-state index in [9.17, 15) is 18.4 Å². The van der Waals surface area contributed by atoms with E-state index < -0.39 is 17.5 Å². The van der Waals surface area contributed by atoms with E-state index in [4.69, 9.17) is 0 Å². The number of hydrogen-bond donors (Lipinski definition) is 1. The lowest BCUT2D eigenvalue weighted by atomic mass is 9.95. The van der Waals surface area contributed by atoms with Crippen molar-refractivity contribution >= 4 is 11.8 Å². The summed E-state index contributed by atoms with van der Waals surface area (Å²) < 4.78 is 27.0. The molecule has 1 fully saturated rings. The van der Waals surface area contributed by atoms with Crippen LogP contribution in [0.2, 0.25) is 0 Å². The van der Waals surface area contributed by atoms with Gasteiger partial charge in [0.15, 0.2) is 0 Å². The molecule has 1 aliphatic rings. The number of benzene rings is 1. The fraction of sp³-hybridized carbons (Fsp3) is 0.316. The van der Waals surface area contributed by atoms with Crippen LogP contribution in [0.25, 0.3) is 0 Å². The normalized spacial score (nSPS) is 14.9. The number of aromatic nitrogens is 1. The Balaban J connectivity index is 1.53. The second kappa shape index (κ2) is 8.03. The highest BCUT2D eigenvalue weighted by Crippen LogP contribution is 2.21. The van der Waals surface area contributed by atoms with Gasteiger partial charge in [0.05, 0.1) is 5.56 Å². The van der Waals surface area contributed by atoms with Gasteiger partial charge in [-0.1, -0.05) is 6.07 Å². The summed E-state index contributed by atoms with van der Waals surface area (Å²) >= 11 is 0. The molecule has 3 rings (SSSR count). The fourth-order valence-corrected chi connectivity index (χ4v) is 3.01. The number of nitrogens with one attached hydrogen (secondary N) is 1. The third-order valence-corrected chi connectivity index (χ3v) is 4.50. The van der Waals surface area contributed by atoms with Crippen LogP contribution in [0, 0.1) is 17.6 Å². The smallest absolute Gasteiger partial charge is 0.256 e. The van der Waals surface area contributed by atoms with E-state index in [1.54, 1.807) is 18.5 Å². The Kier molecular flexibility index (Phi) is 5.55. The number of carbonyl (C=O) groups is 2. The third-order valence-electron chi connectivity index (χ3n) is 4.50. The molecule has 7 heteroatoms. The molecule has 0 radical (unpaired) electrons. The van der Waals surface area contributed by atoms with Crippen LogP contribution in [-0.2, 0) is 11.3 Å². The van der Waals surface area contributed by atoms with E-state index in [1.165, 1.54) is 4.90 Å². The predicted octanol–water partition coefficient (Wildman–Crippen LogP) is 2.53. The Hall–Kier alpha value is -2.83. The van der Waals surface area contributed by atoms with Gasteiger partial charge < -0.3 is 10.2 Å². The van der Waals surface area contributed by atoms with E-state index in [2.05, 4.69) is 10.3 Å². The van der Waals surface area contributed by atoms with Crippen LogP contribution in [0.15, 0.2) is 42.7 Å². The molecule has 1 aromatic carbocycles. The number of piperidine rings is 1. The number of halogens is 2. The van der Waals surface area contributed by atoms with E-state index in [0.717, 1.165) is 23.8 Å². The summed E-state index contributed by atoms with van der Waals surface area (Å²) in [5.41, 5.74) is 0.638. The minimum absolute atomic E-state index is 0.0714. The molecule has 0 bridgehead atoms.